The zero-order valence-electron chi connectivity index (χ0n) is 8.28. The Bertz CT molecular complexity index is 183. The lowest BCUT2D eigenvalue weighted by atomic mass is 9.96. The second-order valence-electron chi connectivity index (χ2n) is 4.29. The molecule has 2 atom stereocenters. The SMILES string of the molecule is NC1C=CC(N2CCCCC2)CC1. The molecule has 13 heavy (non-hydrogen) atoms. The van der Waals surface area contributed by atoms with E-state index >= 15 is 0 Å². The molecule has 0 aromatic heterocycles. The molecule has 0 aromatic carbocycles. The van der Waals surface area contributed by atoms with Gasteiger partial charge in [-0.05, 0) is 38.8 Å². The highest BCUT2D eigenvalue weighted by Gasteiger charge is 2.20. The van der Waals surface area contributed by atoms with Gasteiger partial charge in [-0.3, -0.25) is 4.90 Å². The van der Waals surface area contributed by atoms with Crippen molar-refractivity contribution in [2.75, 3.05) is 13.1 Å². The normalized spacial score (nSPS) is 36.4. The number of hydrogen-bond donors (Lipinski definition) is 1. The molecule has 1 heterocycles. The van der Waals surface area contributed by atoms with Gasteiger partial charge in [-0.25, -0.2) is 0 Å². The highest BCUT2D eigenvalue weighted by atomic mass is 15.2. The Kier molecular flexibility index (Phi) is 3.01. The monoisotopic (exact) mass is 180 g/mol. The van der Waals surface area contributed by atoms with Gasteiger partial charge in [0.15, 0.2) is 0 Å². The second kappa shape index (κ2) is 4.25. The Hall–Kier alpha value is -0.340. The smallest absolute Gasteiger partial charge is 0.0279 e. The third kappa shape index (κ3) is 2.32. The van der Waals surface area contributed by atoms with E-state index in [-0.39, 0.29) is 0 Å². The molecule has 1 fully saturated rings. The summed E-state index contributed by atoms with van der Waals surface area (Å²) < 4.78 is 0. The van der Waals surface area contributed by atoms with Gasteiger partial charge in [-0.2, -0.15) is 0 Å². The van der Waals surface area contributed by atoms with Crippen molar-refractivity contribution in [2.24, 2.45) is 5.73 Å². The summed E-state index contributed by atoms with van der Waals surface area (Å²) in [6.07, 6.45) is 11.1. The summed E-state index contributed by atoms with van der Waals surface area (Å²) in [5, 5.41) is 0. The Morgan fingerprint density at radius 1 is 1.00 bits per heavy atom. The van der Waals surface area contributed by atoms with E-state index in [1.807, 2.05) is 0 Å². The molecule has 2 N–H and O–H groups in total. The molecular weight excluding hydrogens is 160 g/mol. The number of hydrogen-bond acceptors (Lipinski definition) is 2. The van der Waals surface area contributed by atoms with E-state index < -0.39 is 0 Å². The molecule has 0 aromatic rings. The van der Waals surface area contributed by atoms with E-state index in [1.54, 1.807) is 0 Å². The number of rotatable bonds is 1. The summed E-state index contributed by atoms with van der Waals surface area (Å²) in [6.45, 7) is 2.59. The molecule has 1 saturated heterocycles. The first-order valence-corrected chi connectivity index (χ1v) is 5.54. The van der Waals surface area contributed by atoms with E-state index in [0.29, 0.717) is 12.1 Å². The minimum atomic E-state index is 0.320. The number of likely N-dealkylation sites (tertiary alicyclic amines) is 1. The molecule has 0 bridgehead atoms. The van der Waals surface area contributed by atoms with Crippen LogP contribution in [0.1, 0.15) is 32.1 Å². The van der Waals surface area contributed by atoms with Gasteiger partial charge >= 0.3 is 0 Å². The van der Waals surface area contributed by atoms with Crippen LogP contribution >= 0.6 is 0 Å². The molecule has 2 heteroatoms. The summed E-state index contributed by atoms with van der Waals surface area (Å²) in [5.41, 5.74) is 5.82. The van der Waals surface area contributed by atoms with Crippen LogP contribution in [0.5, 0.6) is 0 Å². The van der Waals surface area contributed by atoms with Gasteiger partial charge < -0.3 is 5.73 Å². The van der Waals surface area contributed by atoms with E-state index in [0.717, 1.165) is 6.42 Å². The summed E-state index contributed by atoms with van der Waals surface area (Å²) in [5.74, 6) is 0. The maximum absolute atomic E-state index is 5.82. The van der Waals surface area contributed by atoms with Crippen LogP contribution in [0.15, 0.2) is 12.2 Å². The first-order chi connectivity index (χ1) is 6.36. The van der Waals surface area contributed by atoms with Crippen LogP contribution < -0.4 is 5.73 Å². The van der Waals surface area contributed by atoms with Crippen molar-refractivity contribution in [3.05, 3.63) is 12.2 Å². The average molecular weight is 180 g/mol. The fourth-order valence-corrected chi connectivity index (χ4v) is 2.38. The van der Waals surface area contributed by atoms with Gasteiger partial charge in [0.2, 0.25) is 0 Å². The number of nitrogens with zero attached hydrogens (tertiary/aromatic N) is 1. The molecule has 0 saturated carbocycles. The molecule has 2 unspecified atom stereocenters. The zero-order chi connectivity index (χ0) is 9.10. The quantitative estimate of drug-likeness (QED) is 0.620. The van der Waals surface area contributed by atoms with Crippen molar-refractivity contribution in [2.45, 2.75) is 44.2 Å². The Labute approximate surface area is 80.8 Å². The summed E-state index contributed by atoms with van der Waals surface area (Å²) >= 11 is 0. The highest BCUT2D eigenvalue weighted by Crippen LogP contribution is 2.19. The van der Waals surface area contributed by atoms with Gasteiger partial charge in [0.1, 0.15) is 0 Å². The lowest BCUT2D eigenvalue weighted by molar-refractivity contribution is 0.177. The summed E-state index contributed by atoms with van der Waals surface area (Å²) in [7, 11) is 0. The zero-order valence-corrected chi connectivity index (χ0v) is 8.28. The van der Waals surface area contributed by atoms with Crippen LogP contribution in [-0.2, 0) is 0 Å². The Morgan fingerprint density at radius 2 is 1.77 bits per heavy atom. The summed E-state index contributed by atoms with van der Waals surface area (Å²) in [4.78, 5) is 2.62. The van der Waals surface area contributed by atoms with E-state index in [4.69, 9.17) is 5.73 Å². The molecule has 74 valence electrons. The molecule has 2 rings (SSSR count). The predicted octanol–water partition coefficient (Wildman–Crippen LogP) is 1.52. The molecule has 0 amide bonds. The third-order valence-corrected chi connectivity index (χ3v) is 3.24. The number of piperidine rings is 1. The van der Waals surface area contributed by atoms with Crippen molar-refractivity contribution < 1.29 is 0 Å². The van der Waals surface area contributed by atoms with Gasteiger partial charge in [0, 0.05) is 12.1 Å². The lowest BCUT2D eigenvalue weighted by Crippen LogP contribution is -2.40. The lowest BCUT2D eigenvalue weighted by Gasteiger charge is -2.35. The third-order valence-electron chi connectivity index (χ3n) is 3.24. The molecule has 0 radical (unpaired) electrons. The molecule has 1 aliphatic heterocycles. The minimum Gasteiger partial charge on any atom is -0.324 e. The van der Waals surface area contributed by atoms with Gasteiger partial charge in [-0.1, -0.05) is 18.6 Å². The fourth-order valence-electron chi connectivity index (χ4n) is 2.38. The van der Waals surface area contributed by atoms with Gasteiger partial charge in [0.25, 0.3) is 0 Å². The maximum Gasteiger partial charge on any atom is 0.0279 e. The second-order valence-corrected chi connectivity index (χ2v) is 4.29. The molecule has 1 aliphatic carbocycles. The van der Waals surface area contributed by atoms with Crippen molar-refractivity contribution >= 4 is 0 Å². The molecule has 2 aliphatic rings. The standard InChI is InChI=1S/C11H20N2/c12-10-4-6-11(7-5-10)13-8-2-1-3-9-13/h4,6,10-11H,1-3,5,7-9,12H2. The maximum atomic E-state index is 5.82. The van der Waals surface area contributed by atoms with E-state index in [1.165, 1.54) is 38.8 Å². The van der Waals surface area contributed by atoms with Crippen LogP contribution in [0.3, 0.4) is 0 Å². The van der Waals surface area contributed by atoms with Crippen LogP contribution in [-0.4, -0.2) is 30.1 Å². The van der Waals surface area contributed by atoms with Gasteiger partial charge in [0.05, 0.1) is 0 Å². The van der Waals surface area contributed by atoms with Crippen LogP contribution in [0.4, 0.5) is 0 Å². The van der Waals surface area contributed by atoms with Crippen molar-refractivity contribution in [1.82, 2.24) is 4.90 Å². The van der Waals surface area contributed by atoms with E-state index in [2.05, 4.69) is 17.1 Å². The van der Waals surface area contributed by atoms with Crippen molar-refractivity contribution in [3.63, 3.8) is 0 Å². The van der Waals surface area contributed by atoms with Crippen LogP contribution in [0.25, 0.3) is 0 Å². The Balaban J connectivity index is 1.89. The minimum absolute atomic E-state index is 0.320. The average Bonchev–Trinajstić information content (AvgIpc) is 2.20. The topological polar surface area (TPSA) is 29.3 Å². The molecule has 0 spiro atoms. The first-order valence-electron chi connectivity index (χ1n) is 5.54. The van der Waals surface area contributed by atoms with Gasteiger partial charge in [-0.15, -0.1) is 0 Å². The Morgan fingerprint density at radius 3 is 2.38 bits per heavy atom. The fraction of sp³-hybridized carbons (Fsp3) is 0.818. The molecule has 2 nitrogen and oxygen atoms in total. The van der Waals surface area contributed by atoms with Crippen LogP contribution in [0, 0.1) is 0 Å². The summed E-state index contributed by atoms with van der Waals surface area (Å²) in [6, 6.07) is 1.01. The first kappa shape index (κ1) is 9.22. The molecular formula is C11H20N2. The number of nitrogens with two attached hydrogens (primary N) is 1. The largest absolute Gasteiger partial charge is 0.324 e. The highest BCUT2D eigenvalue weighted by molar-refractivity contribution is 5.04. The predicted molar refractivity (Wildman–Crippen MR) is 55.6 cm³/mol. The van der Waals surface area contributed by atoms with E-state index in [9.17, 15) is 0 Å². The van der Waals surface area contributed by atoms with Crippen molar-refractivity contribution in [1.29, 1.82) is 0 Å². The van der Waals surface area contributed by atoms with Crippen molar-refractivity contribution in [3.8, 4) is 0 Å². The van der Waals surface area contributed by atoms with Crippen LogP contribution in [0.2, 0.25) is 0 Å².